The summed E-state index contributed by atoms with van der Waals surface area (Å²) in [6, 6.07) is 7.19. The smallest absolute Gasteiger partial charge is 0.341 e. The maximum atomic E-state index is 12.4. The molecule has 4 nitrogen and oxygen atoms in total. The minimum absolute atomic E-state index is 0.238. The zero-order valence-corrected chi connectivity index (χ0v) is 14.3. The number of hydrogen-bond donors (Lipinski definition) is 1. The van der Waals surface area contributed by atoms with Crippen LogP contribution in [-0.4, -0.2) is 19.0 Å². The molecule has 3 rings (SSSR count). The van der Waals surface area contributed by atoms with E-state index in [2.05, 4.69) is 21.2 Å². The van der Waals surface area contributed by atoms with Crippen molar-refractivity contribution in [2.24, 2.45) is 0 Å². The molecule has 114 valence electrons. The van der Waals surface area contributed by atoms with E-state index in [1.807, 2.05) is 12.1 Å². The molecule has 1 aromatic heterocycles. The molecular weight excluding hydrogens is 366 g/mol. The number of esters is 1. The first kappa shape index (κ1) is 15.2. The maximum absolute atomic E-state index is 12.4. The molecule has 0 atom stereocenters. The van der Waals surface area contributed by atoms with Crippen molar-refractivity contribution in [3.63, 3.8) is 0 Å². The molecule has 1 N–H and O–H groups in total. The average Bonchev–Trinajstić information content (AvgIpc) is 3.07. The van der Waals surface area contributed by atoms with Crippen LogP contribution in [0.5, 0.6) is 0 Å². The molecule has 2 aromatic rings. The number of hydrogen-bond acceptors (Lipinski definition) is 4. The van der Waals surface area contributed by atoms with Crippen molar-refractivity contribution in [1.82, 2.24) is 0 Å². The number of amides is 1. The highest BCUT2D eigenvalue weighted by Gasteiger charge is 2.28. The number of benzene rings is 1. The SMILES string of the molecule is COC(=O)c1c(NC(=O)c2ccccc2Br)sc2c1CCC2. The molecule has 0 fully saturated rings. The zero-order valence-electron chi connectivity index (χ0n) is 11.9. The van der Waals surface area contributed by atoms with E-state index in [9.17, 15) is 9.59 Å². The van der Waals surface area contributed by atoms with E-state index < -0.39 is 0 Å². The van der Waals surface area contributed by atoms with Gasteiger partial charge < -0.3 is 10.1 Å². The van der Waals surface area contributed by atoms with Crippen molar-refractivity contribution in [3.05, 3.63) is 50.3 Å². The molecule has 0 unspecified atom stereocenters. The fourth-order valence-electron chi connectivity index (χ4n) is 2.63. The van der Waals surface area contributed by atoms with Gasteiger partial charge >= 0.3 is 5.97 Å². The summed E-state index contributed by atoms with van der Waals surface area (Å²) in [4.78, 5) is 25.7. The highest BCUT2D eigenvalue weighted by molar-refractivity contribution is 9.10. The second-order valence-corrected chi connectivity index (χ2v) is 6.95. The third kappa shape index (κ3) is 2.68. The monoisotopic (exact) mass is 379 g/mol. The van der Waals surface area contributed by atoms with Gasteiger partial charge in [-0.3, -0.25) is 4.79 Å². The van der Waals surface area contributed by atoms with E-state index in [1.54, 1.807) is 12.1 Å². The Morgan fingerprint density at radius 1 is 1.27 bits per heavy atom. The van der Waals surface area contributed by atoms with Crippen molar-refractivity contribution in [2.45, 2.75) is 19.3 Å². The molecule has 0 bridgehead atoms. The number of halogens is 1. The van der Waals surface area contributed by atoms with E-state index in [-0.39, 0.29) is 11.9 Å². The van der Waals surface area contributed by atoms with E-state index in [0.717, 1.165) is 29.3 Å². The van der Waals surface area contributed by atoms with E-state index >= 15 is 0 Å². The summed E-state index contributed by atoms with van der Waals surface area (Å²) < 4.78 is 5.60. The topological polar surface area (TPSA) is 55.4 Å². The molecule has 0 radical (unpaired) electrons. The first-order valence-electron chi connectivity index (χ1n) is 6.90. The van der Waals surface area contributed by atoms with Crippen LogP contribution in [0.1, 0.15) is 37.6 Å². The van der Waals surface area contributed by atoms with Crippen molar-refractivity contribution < 1.29 is 14.3 Å². The predicted molar refractivity (Wildman–Crippen MR) is 89.8 cm³/mol. The highest BCUT2D eigenvalue weighted by atomic mass is 79.9. The van der Waals surface area contributed by atoms with Gasteiger partial charge in [-0.25, -0.2) is 4.79 Å². The van der Waals surface area contributed by atoms with E-state index in [4.69, 9.17) is 4.74 Å². The summed E-state index contributed by atoms with van der Waals surface area (Å²) in [5.74, 6) is -0.626. The van der Waals surface area contributed by atoms with Crippen molar-refractivity contribution in [3.8, 4) is 0 Å². The quantitative estimate of drug-likeness (QED) is 0.818. The standard InChI is InChI=1S/C16H14BrNO3S/c1-21-16(20)13-10-6-4-8-12(10)22-15(13)18-14(19)9-5-2-3-7-11(9)17/h2-3,5,7H,4,6,8H2,1H3,(H,18,19). The number of carbonyl (C=O) groups is 2. The molecule has 6 heteroatoms. The first-order valence-corrected chi connectivity index (χ1v) is 8.51. The van der Waals surface area contributed by atoms with E-state index in [1.165, 1.54) is 23.3 Å². The van der Waals surface area contributed by atoms with Gasteiger partial charge in [0.25, 0.3) is 5.91 Å². The molecule has 22 heavy (non-hydrogen) atoms. The number of nitrogens with one attached hydrogen (secondary N) is 1. The van der Waals surface area contributed by atoms with Gasteiger partial charge in [0.1, 0.15) is 5.00 Å². The molecule has 1 aromatic carbocycles. The Kier molecular flexibility index (Phi) is 4.31. The van der Waals surface area contributed by atoms with Gasteiger partial charge in [-0.1, -0.05) is 12.1 Å². The summed E-state index contributed by atoms with van der Waals surface area (Å²) in [5, 5.41) is 3.44. The fourth-order valence-corrected chi connectivity index (χ4v) is 4.36. The summed E-state index contributed by atoms with van der Waals surface area (Å²) in [6.07, 6.45) is 2.86. The Labute approximate surface area is 140 Å². The van der Waals surface area contributed by atoms with Gasteiger partial charge in [-0.2, -0.15) is 0 Å². The summed E-state index contributed by atoms with van der Waals surface area (Å²) in [5.41, 5.74) is 2.08. The van der Waals surface area contributed by atoms with Gasteiger partial charge in [0.2, 0.25) is 0 Å². The summed E-state index contributed by atoms with van der Waals surface area (Å²) in [7, 11) is 1.36. The van der Waals surface area contributed by atoms with Crippen LogP contribution in [0.3, 0.4) is 0 Å². The predicted octanol–water partition coefficient (Wildman–Crippen LogP) is 4.04. The third-order valence-corrected chi connectivity index (χ3v) is 5.56. The van der Waals surface area contributed by atoms with E-state index in [0.29, 0.717) is 16.1 Å². The van der Waals surface area contributed by atoms with Crippen LogP contribution in [-0.2, 0) is 17.6 Å². The lowest BCUT2D eigenvalue weighted by atomic mass is 10.1. The number of carbonyl (C=O) groups excluding carboxylic acids is 2. The highest BCUT2D eigenvalue weighted by Crippen LogP contribution is 2.39. The van der Waals surface area contributed by atoms with Gasteiger partial charge in [-0.05, 0) is 52.9 Å². The lowest BCUT2D eigenvalue weighted by Gasteiger charge is -2.08. The van der Waals surface area contributed by atoms with Crippen LogP contribution in [0.25, 0.3) is 0 Å². The fraction of sp³-hybridized carbons (Fsp3) is 0.250. The van der Waals surface area contributed by atoms with Crippen LogP contribution >= 0.6 is 27.3 Å². The second kappa shape index (κ2) is 6.22. The molecule has 1 aliphatic rings. The Morgan fingerprint density at radius 3 is 2.77 bits per heavy atom. The van der Waals surface area contributed by atoms with Crippen molar-refractivity contribution in [2.75, 3.05) is 12.4 Å². The van der Waals surface area contributed by atoms with Gasteiger partial charge in [0.05, 0.1) is 18.2 Å². The number of anilines is 1. The van der Waals surface area contributed by atoms with Crippen molar-refractivity contribution >= 4 is 44.1 Å². The largest absolute Gasteiger partial charge is 0.465 e. The number of fused-ring (bicyclic) bond motifs is 1. The van der Waals surface area contributed by atoms with Crippen LogP contribution in [0.4, 0.5) is 5.00 Å². The number of rotatable bonds is 3. The molecule has 1 heterocycles. The van der Waals surface area contributed by atoms with Crippen LogP contribution in [0.2, 0.25) is 0 Å². The maximum Gasteiger partial charge on any atom is 0.341 e. The Balaban J connectivity index is 1.95. The van der Waals surface area contributed by atoms with Crippen LogP contribution in [0.15, 0.2) is 28.7 Å². The van der Waals surface area contributed by atoms with Crippen LogP contribution < -0.4 is 5.32 Å². The molecule has 0 saturated carbocycles. The zero-order chi connectivity index (χ0) is 15.7. The van der Waals surface area contributed by atoms with Gasteiger partial charge in [-0.15, -0.1) is 11.3 Å². The molecule has 0 aliphatic heterocycles. The van der Waals surface area contributed by atoms with Gasteiger partial charge in [0, 0.05) is 9.35 Å². The lowest BCUT2D eigenvalue weighted by Crippen LogP contribution is -2.15. The Bertz CT molecular complexity index is 754. The van der Waals surface area contributed by atoms with Gasteiger partial charge in [0.15, 0.2) is 0 Å². The number of methoxy groups -OCH3 is 1. The summed E-state index contributed by atoms with van der Waals surface area (Å²) >= 11 is 4.84. The molecule has 1 amide bonds. The average molecular weight is 380 g/mol. The number of ether oxygens (including phenoxy) is 1. The minimum atomic E-state index is -0.387. The summed E-state index contributed by atoms with van der Waals surface area (Å²) in [6.45, 7) is 0. The minimum Gasteiger partial charge on any atom is -0.465 e. The molecule has 0 spiro atoms. The normalized spacial score (nSPS) is 12.8. The Morgan fingerprint density at radius 2 is 2.05 bits per heavy atom. The molecular formula is C16H14BrNO3S. The number of thiophene rings is 1. The third-order valence-electron chi connectivity index (χ3n) is 3.66. The lowest BCUT2D eigenvalue weighted by molar-refractivity contribution is 0.0601. The van der Waals surface area contributed by atoms with Crippen molar-refractivity contribution in [1.29, 1.82) is 0 Å². The Hall–Kier alpha value is -1.66. The first-order chi connectivity index (χ1) is 10.6. The number of aryl methyl sites for hydroxylation is 1. The van der Waals surface area contributed by atoms with Crippen LogP contribution in [0, 0.1) is 0 Å². The molecule has 1 aliphatic carbocycles. The molecule has 0 saturated heterocycles. The second-order valence-electron chi connectivity index (χ2n) is 4.99.